The summed E-state index contributed by atoms with van der Waals surface area (Å²) in [5, 5.41) is 11.1. The fourth-order valence-electron chi connectivity index (χ4n) is 2.94. The molecule has 0 radical (unpaired) electrons. The Balaban J connectivity index is 1.65. The lowest BCUT2D eigenvalue weighted by atomic mass is 10.1. The molecular formula is C20H16F3N5O2S. The number of hydrogen-bond donors (Lipinski definition) is 1. The first kappa shape index (κ1) is 20.8. The number of aromatic amines is 1. The molecule has 3 heterocycles. The third-order valence-corrected chi connectivity index (χ3v) is 5.69. The van der Waals surface area contributed by atoms with Gasteiger partial charge in [-0.15, -0.1) is 11.3 Å². The monoisotopic (exact) mass is 447 g/mol. The van der Waals surface area contributed by atoms with Crippen LogP contribution in [0, 0.1) is 0 Å². The summed E-state index contributed by atoms with van der Waals surface area (Å²) in [6.45, 7) is 1.70. The van der Waals surface area contributed by atoms with Crippen molar-refractivity contribution in [3.63, 3.8) is 0 Å². The minimum Gasteiger partial charge on any atom is -0.497 e. The van der Waals surface area contributed by atoms with E-state index in [1.165, 1.54) is 16.8 Å². The van der Waals surface area contributed by atoms with E-state index in [1.54, 1.807) is 32.2 Å². The quantitative estimate of drug-likeness (QED) is 0.490. The van der Waals surface area contributed by atoms with Crippen LogP contribution in [0.5, 0.6) is 5.75 Å². The van der Waals surface area contributed by atoms with Gasteiger partial charge in [0.1, 0.15) is 22.5 Å². The molecule has 11 heteroatoms. The van der Waals surface area contributed by atoms with Gasteiger partial charge in [-0.3, -0.25) is 9.89 Å². The Labute approximate surface area is 178 Å². The number of nitrogens with one attached hydrogen (secondary N) is 1. The maximum atomic E-state index is 12.8. The van der Waals surface area contributed by atoms with Gasteiger partial charge in [0.25, 0.3) is 5.56 Å². The number of ether oxygens (including phenoxy) is 1. The molecule has 160 valence electrons. The van der Waals surface area contributed by atoms with Crippen molar-refractivity contribution >= 4 is 11.3 Å². The van der Waals surface area contributed by atoms with Crippen LogP contribution >= 0.6 is 11.3 Å². The molecule has 0 aliphatic carbocycles. The molecule has 0 fully saturated rings. The molecule has 4 rings (SSSR count). The number of nitrogens with zero attached hydrogens (tertiary/aromatic N) is 4. The highest BCUT2D eigenvalue weighted by Gasteiger charge is 2.33. The van der Waals surface area contributed by atoms with E-state index in [0.29, 0.717) is 28.6 Å². The van der Waals surface area contributed by atoms with Gasteiger partial charge in [0.2, 0.25) is 0 Å². The SMILES string of the molecule is COc1cccc(-c2ccc(=O)n(C(C)c3nc(-c4ccc(C(F)(F)F)s4)n[nH]3)n2)c1. The van der Waals surface area contributed by atoms with Gasteiger partial charge in [0.15, 0.2) is 5.82 Å². The van der Waals surface area contributed by atoms with E-state index in [9.17, 15) is 18.0 Å². The second-order valence-corrected chi connectivity index (χ2v) is 7.70. The normalized spacial score (nSPS) is 12.7. The zero-order valence-corrected chi connectivity index (χ0v) is 17.2. The van der Waals surface area contributed by atoms with E-state index in [-0.39, 0.29) is 16.3 Å². The molecule has 1 atom stereocenters. The molecule has 0 spiro atoms. The molecule has 0 aliphatic rings. The summed E-state index contributed by atoms with van der Waals surface area (Å²) in [6.07, 6.45) is -4.42. The second kappa shape index (κ2) is 7.99. The predicted molar refractivity (Wildman–Crippen MR) is 109 cm³/mol. The van der Waals surface area contributed by atoms with E-state index < -0.39 is 17.1 Å². The fraction of sp³-hybridized carbons (Fsp3) is 0.200. The molecule has 31 heavy (non-hydrogen) atoms. The fourth-order valence-corrected chi connectivity index (χ4v) is 3.74. The molecule has 1 aromatic carbocycles. The van der Waals surface area contributed by atoms with E-state index in [2.05, 4.69) is 20.3 Å². The molecule has 7 nitrogen and oxygen atoms in total. The van der Waals surface area contributed by atoms with E-state index in [0.717, 1.165) is 11.6 Å². The Hall–Kier alpha value is -3.47. The van der Waals surface area contributed by atoms with Gasteiger partial charge < -0.3 is 4.74 Å². The minimum absolute atomic E-state index is 0.124. The number of H-pyrrole nitrogens is 1. The zero-order valence-electron chi connectivity index (χ0n) is 16.3. The van der Waals surface area contributed by atoms with Crippen LogP contribution in [0.2, 0.25) is 0 Å². The first-order valence-corrected chi connectivity index (χ1v) is 9.92. The van der Waals surface area contributed by atoms with Gasteiger partial charge in [-0.1, -0.05) is 12.1 Å². The lowest BCUT2D eigenvalue weighted by Gasteiger charge is -2.12. The van der Waals surface area contributed by atoms with Crippen LogP contribution in [0.4, 0.5) is 13.2 Å². The standard InChI is InChI=1S/C20H16F3N5O2S/c1-11(18-24-19(26-25-18)15-7-8-16(31-15)20(21,22)23)28-17(29)9-6-14(27-28)12-4-3-5-13(10-12)30-2/h3-11H,1-2H3,(H,24,25,26). The Kier molecular flexibility index (Phi) is 5.36. The summed E-state index contributed by atoms with van der Waals surface area (Å²) in [7, 11) is 1.56. The van der Waals surface area contributed by atoms with Crippen molar-refractivity contribution in [2.45, 2.75) is 19.1 Å². The summed E-state index contributed by atoms with van der Waals surface area (Å²) in [6, 6.07) is 11.9. The second-order valence-electron chi connectivity index (χ2n) is 6.62. The number of halogens is 3. The lowest BCUT2D eigenvalue weighted by Crippen LogP contribution is -2.26. The maximum absolute atomic E-state index is 12.8. The van der Waals surface area contributed by atoms with E-state index in [4.69, 9.17) is 4.74 Å². The molecule has 0 saturated heterocycles. The summed E-state index contributed by atoms with van der Waals surface area (Å²) >= 11 is 0.554. The highest BCUT2D eigenvalue weighted by Crippen LogP contribution is 2.37. The van der Waals surface area contributed by atoms with Crippen molar-refractivity contribution in [3.05, 3.63) is 69.6 Å². The number of thiophene rings is 1. The summed E-state index contributed by atoms with van der Waals surface area (Å²) < 4.78 is 45.0. The van der Waals surface area contributed by atoms with E-state index in [1.807, 2.05) is 12.1 Å². The molecule has 0 aliphatic heterocycles. The third-order valence-electron chi connectivity index (χ3n) is 4.56. The van der Waals surface area contributed by atoms with Crippen LogP contribution in [0.25, 0.3) is 22.0 Å². The minimum atomic E-state index is -4.42. The van der Waals surface area contributed by atoms with Gasteiger partial charge >= 0.3 is 6.18 Å². The van der Waals surface area contributed by atoms with Crippen molar-refractivity contribution < 1.29 is 17.9 Å². The molecule has 1 N–H and O–H groups in total. The summed E-state index contributed by atoms with van der Waals surface area (Å²) in [5.41, 5.74) is 0.961. The van der Waals surface area contributed by atoms with Crippen molar-refractivity contribution in [1.82, 2.24) is 25.0 Å². The van der Waals surface area contributed by atoms with Crippen molar-refractivity contribution in [2.24, 2.45) is 0 Å². The molecule has 1 unspecified atom stereocenters. The van der Waals surface area contributed by atoms with Crippen molar-refractivity contribution in [2.75, 3.05) is 7.11 Å². The summed E-state index contributed by atoms with van der Waals surface area (Å²) in [5.74, 6) is 1.08. The van der Waals surface area contributed by atoms with Crippen LogP contribution in [0.15, 0.2) is 53.3 Å². The van der Waals surface area contributed by atoms with Gasteiger partial charge in [-0.25, -0.2) is 9.67 Å². The van der Waals surface area contributed by atoms with Gasteiger partial charge in [0, 0.05) is 11.6 Å². The third kappa shape index (κ3) is 4.22. The summed E-state index contributed by atoms with van der Waals surface area (Å²) in [4.78, 5) is 16.2. The predicted octanol–water partition coefficient (Wildman–Crippen LogP) is 4.39. The van der Waals surface area contributed by atoms with Crippen LogP contribution in [-0.4, -0.2) is 32.1 Å². The van der Waals surface area contributed by atoms with Crippen LogP contribution in [-0.2, 0) is 6.18 Å². The highest BCUT2D eigenvalue weighted by molar-refractivity contribution is 7.15. The Morgan fingerprint density at radius 2 is 1.97 bits per heavy atom. The first-order chi connectivity index (χ1) is 14.8. The number of aromatic nitrogens is 5. The number of methoxy groups -OCH3 is 1. The lowest BCUT2D eigenvalue weighted by molar-refractivity contribution is -0.134. The van der Waals surface area contributed by atoms with Gasteiger partial charge in [-0.2, -0.15) is 23.4 Å². The average Bonchev–Trinajstić information content (AvgIpc) is 3.43. The molecule has 3 aromatic heterocycles. The Morgan fingerprint density at radius 1 is 1.16 bits per heavy atom. The number of benzene rings is 1. The number of hydrogen-bond acceptors (Lipinski definition) is 6. The molecule has 0 saturated carbocycles. The van der Waals surface area contributed by atoms with Gasteiger partial charge in [0.05, 0.1) is 17.7 Å². The zero-order chi connectivity index (χ0) is 22.2. The molecule has 0 bridgehead atoms. The smallest absolute Gasteiger partial charge is 0.425 e. The van der Waals surface area contributed by atoms with Crippen molar-refractivity contribution in [1.29, 1.82) is 0 Å². The Morgan fingerprint density at radius 3 is 2.68 bits per heavy atom. The maximum Gasteiger partial charge on any atom is 0.425 e. The van der Waals surface area contributed by atoms with Crippen molar-refractivity contribution in [3.8, 4) is 27.7 Å². The molecular weight excluding hydrogens is 431 g/mol. The van der Waals surface area contributed by atoms with Crippen LogP contribution in [0.1, 0.15) is 23.7 Å². The Bertz CT molecular complexity index is 1280. The number of rotatable bonds is 5. The van der Waals surface area contributed by atoms with Crippen LogP contribution < -0.4 is 10.3 Å². The van der Waals surface area contributed by atoms with Gasteiger partial charge in [-0.05, 0) is 37.3 Å². The average molecular weight is 447 g/mol. The number of alkyl halides is 3. The molecule has 0 amide bonds. The first-order valence-electron chi connectivity index (χ1n) is 9.10. The highest BCUT2D eigenvalue weighted by atomic mass is 32.1. The topological polar surface area (TPSA) is 85.7 Å². The van der Waals surface area contributed by atoms with Crippen LogP contribution in [0.3, 0.4) is 0 Å². The molecule has 4 aromatic rings. The van der Waals surface area contributed by atoms with E-state index >= 15 is 0 Å². The largest absolute Gasteiger partial charge is 0.497 e.